The van der Waals surface area contributed by atoms with Crippen molar-refractivity contribution in [2.45, 2.75) is 45.1 Å². The van der Waals surface area contributed by atoms with Gasteiger partial charge in [0.1, 0.15) is 5.69 Å². The topological polar surface area (TPSA) is 141 Å². The number of carbonyl (C=O) groups excluding carboxylic acids is 3. The van der Waals surface area contributed by atoms with Gasteiger partial charge in [0.05, 0.1) is 28.3 Å². The van der Waals surface area contributed by atoms with Crippen molar-refractivity contribution >= 4 is 39.5 Å². The van der Waals surface area contributed by atoms with Gasteiger partial charge in [-0.1, -0.05) is 56.3 Å². The fourth-order valence-electron chi connectivity index (χ4n) is 7.50. The number of carbonyl (C=O) groups is 3. The fraction of sp³-hybridized carbons (Fsp3) is 0.205. The van der Waals surface area contributed by atoms with Gasteiger partial charge in [0.2, 0.25) is 11.8 Å². The van der Waals surface area contributed by atoms with E-state index in [2.05, 4.69) is 52.6 Å². The van der Waals surface area contributed by atoms with E-state index in [4.69, 9.17) is 4.98 Å². The number of nitrogens with zero attached hydrogens (tertiary/aromatic N) is 5. The Bertz CT molecular complexity index is 2770. The largest absolute Gasteiger partial charge is 0.347 e. The number of halogens is 1. The standard InChI is InChI=1S/C44H38FN7O4/c1-24(2)33-18-29(20-37-41(33)52(4)44(56)51(37)3)30-7-5-6-27-19-36(48-23-34(27)30)28-12-14-35(47-22-28)43(55)49-21-25-8-10-26(11-9-25)31-16-17-46-40(39(31)45)32-13-15-38(53)50-42(32)54/h5-12,14,16-20,22-24,32H,13,15,21H2,1-4H3,(H,49,55)(H,50,53,54). The van der Waals surface area contributed by atoms with E-state index in [9.17, 15) is 19.2 Å². The second kappa shape index (κ2) is 14.4. The number of fused-ring (bicyclic) bond motifs is 2. The monoisotopic (exact) mass is 747 g/mol. The zero-order valence-corrected chi connectivity index (χ0v) is 31.3. The minimum Gasteiger partial charge on any atom is -0.347 e. The summed E-state index contributed by atoms with van der Waals surface area (Å²) in [5, 5.41) is 7.12. The normalized spacial score (nSPS) is 14.4. The van der Waals surface area contributed by atoms with Crippen LogP contribution in [0.5, 0.6) is 0 Å². The van der Waals surface area contributed by atoms with E-state index in [0.717, 1.165) is 49.6 Å². The molecule has 11 nitrogen and oxygen atoms in total. The van der Waals surface area contributed by atoms with E-state index in [1.165, 1.54) is 6.20 Å². The molecule has 280 valence electrons. The van der Waals surface area contributed by atoms with Gasteiger partial charge in [-0.3, -0.25) is 43.8 Å². The number of piperidine rings is 1. The minimum absolute atomic E-state index is 0.0147. The van der Waals surface area contributed by atoms with E-state index < -0.39 is 17.6 Å². The van der Waals surface area contributed by atoms with Gasteiger partial charge >= 0.3 is 5.69 Å². The Hall–Kier alpha value is -6.82. The van der Waals surface area contributed by atoms with Crippen molar-refractivity contribution < 1.29 is 18.8 Å². The number of pyridine rings is 3. The summed E-state index contributed by atoms with van der Waals surface area (Å²) in [5.41, 5.74) is 8.33. The first-order chi connectivity index (χ1) is 27.0. The maximum absolute atomic E-state index is 15.5. The highest BCUT2D eigenvalue weighted by molar-refractivity contribution is 6.01. The summed E-state index contributed by atoms with van der Waals surface area (Å²) in [4.78, 5) is 63.1. The first-order valence-electron chi connectivity index (χ1n) is 18.4. The van der Waals surface area contributed by atoms with Crippen LogP contribution in [0.3, 0.4) is 0 Å². The Morgan fingerprint density at radius 2 is 1.66 bits per heavy atom. The summed E-state index contributed by atoms with van der Waals surface area (Å²) in [5.74, 6) is -2.49. The molecule has 2 N–H and O–H groups in total. The average Bonchev–Trinajstić information content (AvgIpc) is 3.43. The molecule has 1 saturated heterocycles. The van der Waals surface area contributed by atoms with E-state index in [0.29, 0.717) is 16.8 Å². The van der Waals surface area contributed by atoms with E-state index in [-0.39, 0.29) is 54.2 Å². The number of aromatic nitrogens is 5. The number of imide groups is 1. The Morgan fingerprint density at radius 3 is 2.39 bits per heavy atom. The molecule has 1 aliphatic rings. The van der Waals surface area contributed by atoms with Crippen LogP contribution in [0.1, 0.15) is 65.8 Å². The van der Waals surface area contributed by atoms with E-state index >= 15 is 4.39 Å². The van der Waals surface area contributed by atoms with E-state index in [1.54, 1.807) is 58.8 Å². The Morgan fingerprint density at radius 1 is 0.875 bits per heavy atom. The minimum atomic E-state index is -0.831. The van der Waals surface area contributed by atoms with Crippen LogP contribution in [0.15, 0.2) is 102 Å². The quantitative estimate of drug-likeness (QED) is 0.161. The molecule has 0 spiro atoms. The van der Waals surface area contributed by atoms with Gasteiger partial charge in [0, 0.05) is 62.2 Å². The number of hydrogen-bond donors (Lipinski definition) is 2. The second-order valence-corrected chi connectivity index (χ2v) is 14.5. The van der Waals surface area contributed by atoms with Crippen molar-refractivity contribution in [3.8, 4) is 33.5 Å². The predicted molar refractivity (Wildman–Crippen MR) is 212 cm³/mol. The summed E-state index contributed by atoms with van der Waals surface area (Å²) in [6.45, 7) is 4.49. The molecule has 4 aromatic heterocycles. The number of rotatable bonds is 8. The number of aryl methyl sites for hydroxylation is 2. The lowest BCUT2D eigenvalue weighted by atomic mass is 9.92. The third-order valence-electron chi connectivity index (χ3n) is 10.6. The summed E-state index contributed by atoms with van der Waals surface area (Å²) < 4.78 is 18.9. The highest BCUT2D eigenvalue weighted by Crippen LogP contribution is 2.36. The van der Waals surface area contributed by atoms with Gasteiger partial charge in [-0.25, -0.2) is 9.18 Å². The number of amides is 3. The molecular formula is C44H38FN7O4. The van der Waals surface area contributed by atoms with Gasteiger partial charge in [0.15, 0.2) is 5.82 Å². The molecule has 0 saturated carbocycles. The number of benzene rings is 3. The van der Waals surface area contributed by atoms with Crippen LogP contribution in [0.4, 0.5) is 4.39 Å². The third kappa shape index (κ3) is 6.52. The molecule has 1 unspecified atom stereocenters. The van der Waals surface area contributed by atoms with Crippen LogP contribution in [0, 0.1) is 5.82 Å². The molecule has 0 bridgehead atoms. The lowest BCUT2D eigenvalue weighted by molar-refractivity contribution is -0.134. The fourth-order valence-corrected chi connectivity index (χ4v) is 7.50. The first kappa shape index (κ1) is 36.2. The Kier molecular flexibility index (Phi) is 9.33. The molecule has 1 aliphatic heterocycles. The molecular weight excluding hydrogens is 710 g/mol. The van der Waals surface area contributed by atoms with Crippen molar-refractivity contribution in [3.63, 3.8) is 0 Å². The molecule has 0 aliphatic carbocycles. The zero-order valence-electron chi connectivity index (χ0n) is 31.3. The van der Waals surface area contributed by atoms with Crippen LogP contribution >= 0.6 is 0 Å². The summed E-state index contributed by atoms with van der Waals surface area (Å²) in [6, 6.07) is 24.5. The zero-order chi connectivity index (χ0) is 39.2. The molecule has 1 atom stereocenters. The Balaban J connectivity index is 0.959. The SMILES string of the molecule is CC(C)c1cc(-c2cccc3cc(-c4ccc(C(=O)NCc5ccc(-c6ccnc(C7CCC(=O)NC7=O)c6F)cc5)nc4)ncc23)cc2c1n(C)c(=O)n2C. The van der Waals surface area contributed by atoms with Crippen LogP contribution in [-0.2, 0) is 30.2 Å². The van der Waals surface area contributed by atoms with Crippen molar-refractivity contribution in [1.29, 1.82) is 0 Å². The van der Waals surface area contributed by atoms with Gasteiger partial charge in [-0.05, 0) is 81.9 Å². The molecule has 7 aromatic rings. The van der Waals surface area contributed by atoms with Gasteiger partial charge < -0.3 is 5.32 Å². The van der Waals surface area contributed by atoms with Crippen molar-refractivity contribution in [3.05, 3.63) is 136 Å². The highest BCUT2D eigenvalue weighted by Gasteiger charge is 2.32. The van der Waals surface area contributed by atoms with Crippen LogP contribution in [-0.4, -0.2) is 41.8 Å². The smallest absolute Gasteiger partial charge is 0.328 e. The molecule has 3 amide bonds. The lowest BCUT2D eigenvalue weighted by Crippen LogP contribution is -2.40. The second-order valence-electron chi connectivity index (χ2n) is 14.5. The number of hydrogen-bond acceptors (Lipinski definition) is 7. The average molecular weight is 748 g/mol. The van der Waals surface area contributed by atoms with Crippen LogP contribution < -0.4 is 16.3 Å². The van der Waals surface area contributed by atoms with Gasteiger partial charge in [0.25, 0.3) is 5.91 Å². The number of nitrogens with one attached hydrogen (secondary N) is 2. The molecule has 8 rings (SSSR count). The lowest BCUT2D eigenvalue weighted by Gasteiger charge is -2.21. The Labute approximate surface area is 321 Å². The maximum Gasteiger partial charge on any atom is 0.328 e. The first-order valence-corrected chi connectivity index (χ1v) is 18.4. The molecule has 3 aromatic carbocycles. The predicted octanol–water partition coefficient (Wildman–Crippen LogP) is 6.93. The summed E-state index contributed by atoms with van der Waals surface area (Å²) in [6.07, 6.45) is 5.28. The van der Waals surface area contributed by atoms with Gasteiger partial charge in [-0.2, -0.15) is 0 Å². The van der Waals surface area contributed by atoms with Crippen LogP contribution in [0.25, 0.3) is 55.3 Å². The van der Waals surface area contributed by atoms with Gasteiger partial charge in [-0.15, -0.1) is 0 Å². The molecule has 5 heterocycles. The maximum atomic E-state index is 15.5. The molecule has 0 radical (unpaired) electrons. The third-order valence-corrected chi connectivity index (χ3v) is 10.6. The van der Waals surface area contributed by atoms with Crippen molar-refractivity contribution in [1.82, 2.24) is 34.7 Å². The molecule has 56 heavy (non-hydrogen) atoms. The highest BCUT2D eigenvalue weighted by atomic mass is 19.1. The van der Waals surface area contributed by atoms with E-state index in [1.807, 2.05) is 37.5 Å². The molecule has 1 fully saturated rings. The van der Waals surface area contributed by atoms with Crippen LogP contribution in [0.2, 0.25) is 0 Å². The number of imidazole rings is 1. The summed E-state index contributed by atoms with van der Waals surface area (Å²) in [7, 11) is 3.62. The van der Waals surface area contributed by atoms with Crippen molar-refractivity contribution in [2.75, 3.05) is 0 Å². The summed E-state index contributed by atoms with van der Waals surface area (Å²) >= 11 is 0. The molecule has 12 heteroatoms. The van der Waals surface area contributed by atoms with Crippen molar-refractivity contribution in [2.24, 2.45) is 14.1 Å².